The highest BCUT2D eigenvalue weighted by Crippen LogP contribution is 2.27. The van der Waals surface area contributed by atoms with Gasteiger partial charge in [-0.25, -0.2) is 4.98 Å². The van der Waals surface area contributed by atoms with Crippen molar-refractivity contribution in [1.29, 1.82) is 0 Å². The molecule has 3 rings (SSSR count). The average molecular weight is 383 g/mol. The summed E-state index contributed by atoms with van der Waals surface area (Å²) in [6.07, 6.45) is 0. The summed E-state index contributed by atoms with van der Waals surface area (Å²) in [6.45, 7) is 10.3. The zero-order chi connectivity index (χ0) is 19.6. The highest BCUT2D eigenvalue weighted by atomic mass is 32.1. The van der Waals surface area contributed by atoms with E-state index in [1.165, 1.54) is 17.0 Å². The maximum absolute atomic E-state index is 12.6. The molecule has 0 aliphatic rings. The molecule has 0 radical (unpaired) electrons. The summed E-state index contributed by atoms with van der Waals surface area (Å²) in [5.41, 5.74) is 5.67. The van der Waals surface area contributed by atoms with Crippen molar-refractivity contribution in [2.75, 3.05) is 23.3 Å². The molecule has 1 amide bonds. The van der Waals surface area contributed by atoms with Crippen LogP contribution in [0.15, 0.2) is 35.7 Å². The molecule has 2 heterocycles. The van der Waals surface area contributed by atoms with Crippen LogP contribution in [0, 0.1) is 13.8 Å². The quantitative estimate of drug-likeness (QED) is 0.662. The van der Waals surface area contributed by atoms with Crippen molar-refractivity contribution in [2.45, 2.75) is 27.7 Å². The summed E-state index contributed by atoms with van der Waals surface area (Å²) in [6, 6.07) is 10.2. The first-order chi connectivity index (χ1) is 12.9. The van der Waals surface area contributed by atoms with E-state index in [2.05, 4.69) is 58.7 Å². The maximum Gasteiger partial charge on any atom is 0.275 e. The van der Waals surface area contributed by atoms with Crippen molar-refractivity contribution in [3.05, 3.63) is 52.7 Å². The molecule has 0 aliphatic heterocycles. The molecular formula is C21H26N4OS. The minimum absolute atomic E-state index is 0.179. The fourth-order valence-electron chi connectivity index (χ4n) is 3.08. The van der Waals surface area contributed by atoms with Gasteiger partial charge < -0.3 is 14.8 Å². The molecule has 0 saturated carbocycles. The molecule has 0 spiro atoms. The third-order valence-corrected chi connectivity index (χ3v) is 5.78. The van der Waals surface area contributed by atoms with E-state index in [1.54, 1.807) is 0 Å². The Balaban J connectivity index is 1.77. The average Bonchev–Trinajstić information content (AvgIpc) is 3.26. The minimum atomic E-state index is -0.179. The molecule has 27 heavy (non-hydrogen) atoms. The minimum Gasteiger partial charge on any atom is -0.372 e. The molecule has 0 bridgehead atoms. The Hall–Kier alpha value is -2.60. The molecule has 0 atom stereocenters. The van der Waals surface area contributed by atoms with Crippen molar-refractivity contribution < 1.29 is 4.79 Å². The maximum atomic E-state index is 12.6. The van der Waals surface area contributed by atoms with Gasteiger partial charge in [0.2, 0.25) is 0 Å². The Labute approximate surface area is 164 Å². The topological polar surface area (TPSA) is 50.2 Å². The number of aromatic nitrogens is 2. The Morgan fingerprint density at radius 1 is 1.19 bits per heavy atom. The van der Waals surface area contributed by atoms with Crippen molar-refractivity contribution in [3.63, 3.8) is 0 Å². The van der Waals surface area contributed by atoms with Crippen LogP contribution in [-0.2, 0) is 7.05 Å². The van der Waals surface area contributed by atoms with E-state index in [4.69, 9.17) is 0 Å². The number of rotatable bonds is 6. The first-order valence-electron chi connectivity index (χ1n) is 9.19. The van der Waals surface area contributed by atoms with Crippen LogP contribution in [0.1, 0.15) is 35.6 Å². The number of benzene rings is 1. The summed E-state index contributed by atoms with van der Waals surface area (Å²) in [5.74, 6) is -0.179. The summed E-state index contributed by atoms with van der Waals surface area (Å²) in [5, 5.41) is 5.66. The van der Waals surface area contributed by atoms with Crippen molar-refractivity contribution in [3.8, 4) is 10.7 Å². The van der Waals surface area contributed by atoms with Gasteiger partial charge in [0.05, 0.1) is 5.69 Å². The molecule has 0 aliphatic carbocycles. The van der Waals surface area contributed by atoms with Gasteiger partial charge in [0.1, 0.15) is 10.7 Å². The van der Waals surface area contributed by atoms with E-state index >= 15 is 0 Å². The number of nitrogens with one attached hydrogen (secondary N) is 1. The molecule has 0 unspecified atom stereocenters. The van der Waals surface area contributed by atoms with Gasteiger partial charge in [0.25, 0.3) is 5.91 Å². The first-order valence-corrected chi connectivity index (χ1v) is 10.1. The van der Waals surface area contributed by atoms with E-state index in [1.807, 2.05) is 31.5 Å². The van der Waals surface area contributed by atoms with E-state index in [0.717, 1.165) is 40.7 Å². The highest BCUT2D eigenvalue weighted by molar-refractivity contribution is 7.13. The lowest BCUT2D eigenvalue weighted by Crippen LogP contribution is -2.22. The third-order valence-electron chi connectivity index (χ3n) is 4.92. The first kappa shape index (κ1) is 19.2. The van der Waals surface area contributed by atoms with Crippen molar-refractivity contribution in [1.82, 2.24) is 9.55 Å². The molecule has 0 fully saturated rings. The van der Waals surface area contributed by atoms with Crippen LogP contribution < -0.4 is 10.2 Å². The van der Waals surface area contributed by atoms with Crippen LogP contribution in [0.3, 0.4) is 0 Å². The van der Waals surface area contributed by atoms with E-state index in [0.29, 0.717) is 5.69 Å². The molecule has 142 valence electrons. The number of hydrogen-bond acceptors (Lipinski definition) is 4. The Morgan fingerprint density at radius 2 is 1.93 bits per heavy atom. The van der Waals surface area contributed by atoms with Gasteiger partial charge in [0.15, 0.2) is 0 Å². The molecule has 0 saturated heterocycles. The van der Waals surface area contributed by atoms with Crippen LogP contribution in [0.4, 0.5) is 11.4 Å². The second kappa shape index (κ2) is 7.96. The van der Waals surface area contributed by atoms with Crippen LogP contribution in [0.5, 0.6) is 0 Å². The zero-order valence-electron chi connectivity index (χ0n) is 16.5. The number of anilines is 2. The molecular weight excluding hydrogens is 356 g/mol. The molecule has 5 nitrogen and oxygen atoms in total. The van der Waals surface area contributed by atoms with E-state index < -0.39 is 0 Å². The van der Waals surface area contributed by atoms with Crippen LogP contribution >= 0.6 is 11.3 Å². The van der Waals surface area contributed by atoms with Crippen LogP contribution in [0.25, 0.3) is 10.7 Å². The molecule has 1 N–H and O–H groups in total. The van der Waals surface area contributed by atoms with Crippen molar-refractivity contribution >= 4 is 28.6 Å². The van der Waals surface area contributed by atoms with Gasteiger partial charge in [-0.1, -0.05) is 0 Å². The van der Waals surface area contributed by atoms with Gasteiger partial charge in [-0.15, -0.1) is 11.3 Å². The molecule has 3 aromatic rings. The Bertz CT molecular complexity index is 953. The normalized spacial score (nSPS) is 10.9. The van der Waals surface area contributed by atoms with Gasteiger partial charge in [-0.05, 0) is 63.6 Å². The number of hydrogen-bond donors (Lipinski definition) is 1. The van der Waals surface area contributed by atoms with Gasteiger partial charge in [-0.3, -0.25) is 4.79 Å². The predicted octanol–water partition coefficient (Wildman–Crippen LogP) is 4.86. The number of amides is 1. The summed E-state index contributed by atoms with van der Waals surface area (Å²) in [4.78, 5) is 19.5. The van der Waals surface area contributed by atoms with E-state index in [-0.39, 0.29) is 5.91 Å². The lowest BCUT2D eigenvalue weighted by molar-refractivity contribution is 0.102. The monoisotopic (exact) mass is 382 g/mol. The lowest BCUT2D eigenvalue weighted by atomic mass is 10.1. The predicted molar refractivity (Wildman–Crippen MR) is 114 cm³/mol. The Morgan fingerprint density at radius 3 is 2.52 bits per heavy atom. The Kier molecular flexibility index (Phi) is 5.65. The third kappa shape index (κ3) is 3.90. The van der Waals surface area contributed by atoms with Gasteiger partial charge in [-0.2, -0.15) is 0 Å². The lowest BCUT2D eigenvalue weighted by Gasteiger charge is -2.22. The molecule has 2 aromatic heterocycles. The number of carbonyl (C=O) groups excluding carboxylic acids is 1. The standard InChI is InChI=1S/C21H26N4OS/c1-6-25(7-2)16-9-10-17(14(3)12-16)22-20(26)18-13-27-21(23-18)19-11-8-15(4)24(19)5/h8-13H,6-7H2,1-5H3,(H,22,26). The fourth-order valence-corrected chi connectivity index (χ4v) is 3.94. The second-order valence-corrected chi connectivity index (χ2v) is 7.44. The van der Waals surface area contributed by atoms with Crippen LogP contribution in [0.2, 0.25) is 0 Å². The largest absolute Gasteiger partial charge is 0.372 e. The van der Waals surface area contributed by atoms with Crippen molar-refractivity contribution in [2.24, 2.45) is 7.05 Å². The smallest absolute Gasteiger partial charge is 0.275 e. The fraction of sp³-hybridized carbons (Fsp3) is 0.333. The number of thiazole rings is 1. The SMILES string of the molecule is CCN(CC)c1ccc(NC(=O)c2csc(-c3ccc(C)n3C)n2)c(C)c1. The zero-order valence-corrected chi connectivity index (χ0v) is 17.4. The molecule has 1 aromatic carbocycles. The second-order valence-electron chi connectivity index (χ2n) is 6.58. The summed E-state index contributed by atoms with van der Waals surface area (Å²) in [7, 11) is 2.01. The highest BCUT2D eigenvalue weighted by Gasteiger charge is 2.15. The van der Waals surface area contributed by atoms with Crippen LogP contribution in [-0.4, -0.2) is 28.5 Å². The number of carbonyl (C=O) groups is 1. The number of nitrogens with zero attached hydrogens (tertiary/aromatic N) is 3. The summed E-state index contributed by atoms with van der Waals surface area (Å²) < 4.78 is 2.08. The van der Waals surface area contributed by atoms with Gasteiger partial charge >= 0.3 is 0 Å². The summed E-state index contributed by atoms with van der Waals surface area (Å²) >= 11 is 1.49. The van der Waals surface area contributed by atoms with Gasteiger partial charge in [0, 0.05) is 42.6 Å². The van der Waals surface area contributed by atoms with E-state index in [9.17, 15) is 4.79 Å². The number of aryl methyl sites for hydroxylation is 2. The molecule has 6 heteroatoms.